The molecule has 0 fully saturated rings. The maximum atomic E-state index is 13.1. The van der Waals surface area contributed by atoms with Gasteiger partial charge in [0, 0.05) is 5.92 Å². The average molecular weight is 425 g/mol. The number of hydrogen-bond acceptors (Lipinski definition) is 3. The van der Waals surface area contributed by atoms with Crippen molar-refractivity contribution in [3.63, 3.8) is 0 Å². The van der Waals surface area contributed by atoms with E-state index in [9.17, 15) is 9.50 Å². The Hall–Kier alpha value is -0.970. The zero-order valence-corrected chi connectivity index (χ0v) is 20.0. The molecule has 0 aliphatic rings. The van der Waals surface area contributed by atoms with E-state index in [1.807, 2.05) is 39.8 Å². The van der Waals surface area contributed by atoms with Crippen molar-refractivity contribution in [1.82, 2.24) is 0 Å². The summed E-state index contributed by atoms with van der Waals surface area (Å²) in [7, 11) is 0. The van der Waals surface area contributed by atoms with E-state index in [4.69, 9.17) is 9.47 Å². The van der Waals surface area contributed by atoms with Crippen LogP contribution >= 0.6 is 0 Å². The van der Waals surface area contributed by atoms with Crippen LogP contribution in [0.2, 0.25) is 0 Å². The zero-order valence-electron chi connectivity index (χ0n) is 20.0. The second-order valence-electron chi connectivity index (χ2n) is 9.09. The summed E-state index contributed by atoms with van der Waals surface area (Å²) in [6.07, 6.45) is 11.8. The zero-order chi connectivity index (χ0) is 22.4. The van der Waals surface area contributed by atoms with E-state index in [2.05, 4.69) is 6.92 Å². The van der Waals surface area contributed by atoms with Gasteiger partial charge < -0.3 is 14.6 Å². The Morgan fingerprint density at radius 2 is 1.30 bits per heavy atom. The summed E-state index contributed by atoms with van der Waals surface area (Å²) in [6.45, 7) is 9.97. The standard InChI is InChI=1S/C26H45FO3/c1-6-7-8-9-10-11-15-24(26(28,29-21(2)3)30-22(4)5)16-13-12-14-23-17-19-25(27)20-18-23/h17-22,24,28H,6-16H2,1-5H3. The van der Waals surface area contributed by atoms with Crippen molar-refractivity contribution in [1.29, 1.82) is 0 Å². The Morgan fingerprint density at radius 1 is 0.800 bits per heavy atom. The van der Waals surface area contributed by atoms with Gasteiger partial charge in [-0.2, -0.15) is 0 Å². The van der Waals surface area contributed by atoms with E-state index < -0.39 is 5.97 Å². The number of unbranched alkanes of at least 4 members (excludes halogenated alkanes) is 6. The van der Waals surface area contributed by atoms with Crippen molar-refractivity contribution < 1.29 is 19.0 Å². The fourth-order valence-electron chi connectivity index (χ4n) is 3.95. The lowest BCUT2D eigenvalue weighted by Gasteiger charge is -2.38. The largest absolute Gasteiger partial charge is 0.343 e. The molecule has 1 atom stereocenters. The lowest BCUT2D eigenvalue weighted by molar-refractivity contribution is -0.407. The maximum Gasteiger partial charge on any atom is 0.283 e. The number of rotatable bonds is 17. The van der Waals surface area contributed by atoms with Crippen LogP contribution < -0.4 is 0 Å². The Labute approximate surface area is 184 Å². The third-order valence-electron chi connectivity index (χ3n) is 5.41. The van der Waals surface area contributed by atoms with E-state index in [0.29, 0.717) is 0 Å². The van der Waals surface area contributed by atoms with Gasteiger partial charge >= 0.3 is 0 Å². The minimum Gasteiger partial charge on any atom is -0.343 e. The molecule has 0 amide bonds. The summed E-state index contributed by atoms with van der Waals surface area (Å²) < 4.78 is 24.9. The van der Waals surface area contributed by atoms with E-state index in [0.717, 1.165) is 44.1 Å². The molecule has 0 bridgehead atoms. The fourth-order valence-corrected chi connectivity index (χ4v) is 3.95. The molecule has 3 nitrogen and oxygen atoms in total. The number of hydrogen-bond donors (Lipinski definition) is 1. The first-order chi connectivity index (χ1) is 14.3. The van der Waals surface area contributed by atoms with Gasteiger partial charge in [-0.1, -0.05) is 64.0 Å². The van der Waals surface area contributed by atoms with Crippen molar-refractivity contribution in [2.45, 2.75) is 123 Å². The summed E-state index contributed by atoms with van der Waals surface area (Å²) in [5.41, 5.74) is 1.15. The van der Waals surface area contributed by atoms with Gasteiger partial charge in [0.2, 0.25) is 0 Å². The maximum absolute atomic E-state index is 13.1. The van der Waals surface area contributed by atoms with Gasteiger partial charge in [0.05, 0.1) is 12.2 Å². The quantitative estimate of drug-likeness (QED) is 0.209. The Kier molecular flexibility index (Phi) is 13.5. The molecule has 1 rings (SSSR count). The minimum absolute atomic E-state index is 0.0540. The molecular formula is C26H45FO3. The Morgan fingerprint density at radius 3 is 1.83 bits per heavy atom. The van der Waals surface area contributed by atoms with Crippen LogP contribution in [0.25, 0.3) is 0 Å². The van der Waals surface area contributed by atoms with Crippen molar-refractivity contribution in [2.75, 3.05) is 0 Å². The SMILES string of the molecule is CCCCCCCCC(CCCCc1ccc(F)cc1)C(O)(OC(C)C)OC(C)C. The lowest BCUT2D eigenvalue weighted by atomic mass is 9.91. The van der Waals surface area contributed by atoms with Crippen LogP contribution in [0.15, 0.2) is 24.3 Å². The molecule has 1 unspecified atom stereocenters. The number of aryl methyl sites for hydroxylation is 1. The molecule has 30 heavy (non-hydrogen) atoms. The molecule has 0 radical (unpaired) electrons. The van der Waals surface area contributed by atoms with Gasteiger partial charge in [0.25, 0.3) is 5.97 Å². The first kappa shape index (κ1) is 27.1. The molecule has 0 aliphatic carbocycles. The van der Waals surface area contributed by atoms with Crippen molar-refractivity contribution in [3.05, 3.63) is 35.6 Å². The van der Waals surface area contributed by atoms with Crippen molar-refractivity contribution in [2.24, 2.45) is 5.92 Å². The van der Waals surface area contributed by atoms with Gasteiger partial charge in [-0.25, -0.2) is 4.39 Å². The average Bonchev–Trinajstić information content (AvgIpc) is 2.66. The summed E-state index contributed by atoms with van der Waals surface area (Å²) >= 11 is 0. The highest BCUT2D eigenvalue weighted by Gasteiger charge is 2.40. The third-order valence-corrected chi connectivity index (χ3v) is 5.41. The molecule has 1 aromatic carbocycles. The van der Waals surface area contributed by atoms with Crippen LogP contribution in [0.4, 0.5) is 4.39 Å². The van der Waals surface area contributed by atoms with Gasteiger partial charge in [0.15, 0.2) is 0 Å². The Bertz CT molecular complexity index is 532. The van der Waals surface area contributed by atoms with Crippen LogP contribution in [0.1, 0.15) is 104 Å². The molecule has 0 saturated carbocycles. The smallest absolute Gasteiger partial charge is 0.283 e. The van der Waals surface area contributed by atoms with E-state index in [1.54, 1.807) is 0 Å². The van der Waals surface area contributed by atoms with E-state index in [1.165, 1.54) is 44.2 Å². The van der Waals surface area contributed by atoms with Gasteiger partial charge in [-0.3, -0.25) is 0 Å². The Balaban J connectivity index is 2.65. The highest BCUT2D eigenvalue weighted by molar-refractivity contribution is 5.15. The van der Waals surface area contributed by atoms with Gasteiger partial charge in [-0.05, 0) is 71.1 Å². The van der Waals surface area contributed by atoms with Crippen LogP contribution in [0.3, 0.4) is 0 Å². The number of ether oxygens (including phenoxy) is 2. The van der Waals surface area contributed by atoms with Gasteiger partial charge in [0.1, 0.15) is 5.82 Å². The van der Waals surface area contributed by atoms with Crippen molar-refractivity contribution >= 4 is 0 Å². The predicted molar refractivity (Wildman–Crippen MR) is 123 cm³/mol. The molecule has 0 spiro atoms. The van der Waals surface area contributed by atoms with Gasteiger partial charge in [-0.15, -0.1) is 0 Å². The molecule has 4 heteroatoms. The van der Waals surface area contributed by atoms with E-state index >= 15 is 0 Å². The molecule has 0 saturated heterocycles. The van der Waals surface area contributed by atoms with Crippen LogP contribution in [-0.4, -0.2) is 23.3 Å². The summed E-state index contributed by atoms with van der Waals surface area (Å²) in [5.74, 6) is -1.79. The monoisotopic (exact) mass is 424 g/mol. The normalized spacial score (nSPS) is 13.4. The topological polar surface area (TPSA) is 38.7 Å². The first-order valence-electron chi connectivity index (χ1n) is 12.1. The second-order valence-corrected chi connectivity index (χ2v) is 9.09. The number of benzene rings is 1. The molecule has 0 heterocycles. The highest BCUT2D eigenvalue weighted by atomic mass is 19.1. The van der Waals surface area contributed by atoms with Crippen LogP contribution in [-0.2, 0) is 15.9 Å². The summed E-state index contributed by atoms with van der Waals surface area (Å²) in [5, 5.41) is 11.3. The second kappa shape index (κ2) is 14.9. The minimum atomic E-state index is -1.54. The molecule has 0 aliphatic heterocycles. The molecule has 0 aromatic heterocycles. The summed E-state index contributed by atoms with van der Waals surface area (Å²) in [6, 6.07) is 6.73. The summed E-state index contributed by atoms with van der Waals surface area (Å²) in [4.78, 5) is 0. The number of halogens is 1. The lowest BCUT2D eigenvalue weighted by Crippen LogP contribution is -2.47. The highest BCUT2D eigenvalue weighted by Crippen LogP contribution is 2.33. The number of aliphatic hydroxyl groups is 1. The van der Waals surface area contributed by atoms with Crippen LogP contribution in [0.5, 0.6) is 0 Å². The van der Waals surface area contributed by atoms with Crippen LogP contribution in [0, 0.1) is 11.7 Å². The molecular weight excluding hydrogens is 379 g/mol. The van der Waals surface area contributed by atoms with Crippen molar-refractivity contribution in [3.8, 4) is 0 Å². The molecule has 1 aromatic rings. The predicted octanol–water partition coefficient (Wildman–Crippen LogP) is 7.40. The first-order valence-corrected chi connectivity index (χ1v) is 12.1. The van der Waals surface area contributed by atoms with E-state index in [-0.39, 0.29) is 23.9 Å². The molecule has 1 N–H and O–H groups in total. The molecule has 174 valence electrons. The fraction of sp³-hybridized carbons (Fsp3) is 0.769. The third kappa shape index (κ3) is 11.4.